The zero-order valence-corrected chi connectivity index (χ0v) is 13.3. The van der Waals surface area contributed by atoms with Crippen molar-refractivity contribution < 1.29 is 17.7 Å². The fourth-order valence-electron chi connectivity index (χ4n) is 1.37. The van der Waals surface area contributed by atoms with E-state index >= 15 is 0 Å². The third-order valence-corrected chi connectivity index (χ3v) is 5.17. The van der Waals surface area contributed by atoms with E-state index in [1.807, 2.05) is 0 Å². The Morgan fingerprint density at radius 2 is 2.19 bits per heavy atom. The summed E-state index contributed by atoms with van der Waals surface area (Å²) in [6.07, 6.45) is 3.00. The number of aliphatic hydroxyl groups excluding tert-OH is 1. The summed E-state index contributed by atoms with van der Waals surface area (Å²) in [5.41, 5.74) is 0.462. The molecule has 2 N–H and O–H groups in total. The lowest BCUT2D eigenvalue weighted by Crippen LogP contribution is -2.28. The highest BCUT2D eigenvalue weighted by Gasteiger charge is 2.14. The number of aliphatic hydroxyl groups is 1. The number of sulfonamides is 1. The average molecular weight is 330 g/mol. The molecule has 0 saturated carbocycles. The maximum absolute atomic E-state index is 12.0. The maximum atomic E-state index is 12.0. The van der Waals surface area contributed by atoms with Crippen molar-refractivity contribution in [3.63, 3.8) is 0 Å². The van der Waals surface area contributed by atoms with Gasteiger partial charge in [-0.2, -0.15) is 0 Å². The third kappa shape index (κ3) is 6.35. The van der Waals surface area contributed by atoms with Gasteiger partial charge >= 0.3 is 0 Å². The van der Waals surface area contributed by atoms with E-state index in [0.29, 0.717) is 17.7 Å². The lowest BCUT2D eigenvalue weighted by Gasteiger charge is -2.06. The number of nitrogens with zero attached hydrogens (tertiary/aromatic N) is 1. The molecule has 0 amide bonds. The first-order chi connectivity index (χ1) is 9.99. The molecule has 0 radical (unpaired) electrons. The van der Waals surface area contributed by atoms with Crippen molar-refractivity contribution >= 4 is 20.8 Å². The molecule has 0 spiro atoms. The molecule has 1 heterocycles. The molecule has 1 aromatic rings. The van der Waals surface area contributed by atoms with Gasteiger partial charge in [-0.15, -0.1) is 0 Å². The summed E-state index contributed by atoms with van der Waals surface area (Å²) in [6, 6.07) is 1.41. The molecule has 6 nitrogen and oxygen atoms in total. The van der Waals surface area contributed by atoms with Crippen LogP contribution < -0.4 is 4.72 Å². The number of nitrogens with one attached hydrogen (secondary N) is 1. The van der Waals surface area contributed by atoms with Gasteiger partial charge in [0, 0.05) is 53.2 Å². The van der Waals surface area contributed by atoms with Gasteiger partial charge in [-0.1, -0.05) is 18.8 Å². The Labute approximate surface area is 127 Å². The van der Waals surface area contributed by atoms with Crippen molar-refractivity contribution in [2.75, 3.05) is 24.7 Å². The van der Waals surface area contributed by atoms with Gasteiger partial charge in [-0.05, 0) is 6.07 Å². The summed E-state index contributed by atoms with van der Waals surface area (Å²) in [6.45, 7) is 1.85. The SMILES string of the molecule is CCS(=O)CCNS(=O)(=O)c1cncc(C#CCCO)c1. The molecule has 1 rings (SSSR count). The van der Waals surface area contributed by atoms with Gasteiger partial charge < -0.3 is 5.11 Å². The largest absolute Gasteiger partial charge is 0.395 e. The van der Waals surface area contributed by atoms with Crippen LogP contribution in [-0.2, 0) is 20.8 Å². The van der Waals surface area contributed by atoms with E-state index in [1.165, 1.54) is 18.5 Å². The van der Waals surface area contributed by atoms with E-state index in [-0.39, 0.29) is 23.8 Å². The minimum absolute atomic E-state index is 0.0144. The standard InChI is InChI=1S/C13H18N2O4S2/c1-2-20(17)8-6-15-21(18,19)13-9-12(10-14-11-13)5-3-4-7-16/h9-11,15-16H,2,4,6-8H2,1H3. The Bertz CT molecular complexity index is 648. The first-order valence-corrected chi connectivity index (χ1v) is 9.36. The van der Waals surface area contributed by atoms with Crippen LogP contribution in [0, 0.1) is 11.8 Å². The highest BCUT2D eigenvalue weighted by molar-refractivity contribution is 7.89. The minimum atomic E-state index is -3.68. The molecule has 1 atom stereocenters. The summed E-state index contributed by atoms with van der Waals surface area (Å²) in [5, 5.41) is 8.64. The molecule has 0 aliphatic rings. The number of hydrogen-bond donors (Lipinski definition) is 2. The molecule has 8 heteroatoms. The Kier molecular flexibility index (Phi) is 7.53. The minimum Gasteiger partial charge on any atom is -0.395 e. The molecular formula is C13H18N2O4S2. The summed E-state index contributed by atoms with van der Waals surface area (Å²) in [4.78, 5) is 3.86. The van der Waals surface area contributed by atoms with Crippen molar-refractivity contribution in [1.82, 2.24) is 9.71 Å². The Hall–Kier alpha value is -1.27. The van der Waals surface area contributed by atoms with Crippen LogP contribution in [0.3, 0.4) is 0 Å². The second-order valence-electron chi connectivity index (χ2n) is 4.02. The van der Waals surface area contributed by atoms with Crippen molar-refractivity contribution in [2.24, 2.45) is 0 Å². The zero-order valence-electron chi connectivity index (χ0n) is 11.7. The molecule has 1 unspecified atom stereocenters. The van der Waals surface area contributed by atoms with E-state index in [1.54, 1.807) is 6.92 Å². The van der Waals surface area contributed by atoms with Gasteiger partial charge in [0.05, 0.1) is 6.61 Å². The van der Waals surface area contributed by atoms with Gasteiger partial charge in [0.25, 0.3) is 0 Å². The normalized spacial score (nSPS) is 12.5. The number of pyridine rings is 1. The summed E-state index contributed by atoms with van der Waals surface area (Å²) < 4.78 is 37.7. The number of aromatic nitrogens is 1. The summed E-state index contributed by atoms with van der Waals surface area (Å²) in [5.74, 6) is 6.20. The van der Waals surface area contributed by atoms with Crippen molar-refractivity contribution in [3.05, 3.63) is 24.0 Å². The number of hydrogen-bond acceptors (Lipinski definition) is 5. The topological polar surface area (TPSA) is 96.4 Å². The van der Waals surface area contributed by atoms with Crippen LogP contribution in [0.1, 0.15) is 18.9 Å². The zero-order chi connectivity index (χ0) is 15.7. The molecule has 0 aromatic carbocycles. The quantitative estimate of drug-likeness (QED) is 0.679. The van der Waals surface area contributed by atoms with Gasteiger partial charge in [0.1, 0.15) is 4.90 Å². The molecule has 0 bridgehead atoms. The molecule has 1 aromatic heterocycles. The van der Waals surface area contributed by atoms with Crippen LogP contribution in [0.25, 0.3) is 0 Å². The van der Waals surface area contributed by atoms with Gasteiger partial charge in [0.15, 0.2) is 0 Å². The first kappa shape index (κ1) is 17.8. The second kappa shape index (κ2) is 8.89. The van der Waals surface area contributed by atoms with E-state index < -0.39 is 20.8 Å². The summed E-state index contributed by atoms with van der Waals surface area (Å²) in [7, 11) is -4.70. The predicted molar refractivity (Wildman–Crippen MR) is 81.6 cm³/mol. The van der Waals surface area contributed by atoms with E-state index in [9.17, 15) is 12.6 Å². The van der Waals surface area contributed by atoms with Crippen LogP contribution in [-0.4, -0.2) is 47.4 Å². The van der Waals surface area contributed by atoms with Gasteiger partial charge in [0.2, 0.25) is 10.0 Å². The van der Waals surface area contributed by atoms with Gasteiger partial charge in [-0.3, -0.25) is 9.19 Å². The van der Waals surface area contributed by atoms with Crippen molar-refractivity contribution in [1.29, 1.82) is 0 Å². The van der Waals surface area contributed by atoms with Crippen molar-refractivity contribution in [3.8, 4) is 11.8 Å². The van der Waals surface area contributed by atoms with Gasteiger partial charge in [-0.25, -0.2) is 13.1 Å². The fraction of sp³-hybridized carbons (Fsp3) is 0.462. The van der Waals surface area contributed by atoms with Crippen LogP contribution in [0.2, 0.25) is 0 Å². The molecule has 0 saturated heterocycles. The van der Waals surface area contributed by atoms with E-state index in [4.69, 9.17) is 5.11 Å². The fourth-order valence-corrected chi connectivity index (χ4v) is 3.14. The van der Waals surface area contributed by atoms with Crippen LogP contribution >= 0.6 is 0 Å². The number of rotatable bonds is 7. The smallest absolute Gasteiger partial charge is 0.242 e. The highest BCUT2D eigenvalue weighted by Crippen LogP contribution is 2.08. The molecular weight excluding hydrogens is 312 g/mol. The summed E-state index contributed by atoms with van der Waals surface area (Å²) >= 11 is 0. The molecule has 0 aliphatic heterocycles. The van der Waals surface area contributed by atoms with E-state index in [2.05, 4.69) is 21.5 Å². The monoisotopic (exact) mass is 330 g/mol. The molecule has 0 fully saturated rings. The Morgan fingerprint density at radius 1 is 1.43 bits per heavy atom. The highest BCUT2D eigenvalue weighted by atomic mass is 32.2. The molecule has 21 heavy (non-hydrogen) atoms. The Balaban J connectivity index is 2.77. The molecule has 116 valence electrons. The Morgan fingerprint density at radius 3 is 2.86 bits per heavy atom. The lowest BCUT2D eigenvalue weighted by molar-refractivity contribution is 0.305. The van der Waals surface area contributed by atoms with Crippen molar-refractivity contribution in [2.45, 2.75) is 18.2 Å². The lowest BCUT2D eigenvalue weighted by atomic mass is 10.3. The second-order valence-corrected chi connectivity index (χ2v) is 7.65. The third-order valence-electron chi connectivity index (χ3n) is 2.44. The average Bonchev–Trinajstić information content (AvgIpc) is 2.47. The molecule has 0 aliphatic carbocycles. The van der Waals surface area contributed by atoms with Crippen LogP contribution in [0.15, 0.2) is 23.4 Å². The maximum Gasteiger partial charge on any atom is 0.242 e. The van der Waals surface area contributed by atoms with Crippen LogP contribution in [0.5, 0.6) is 0 Å². The predicted octanol–water partition coefficient (Wildman–Crippen LogP) is -0.138. The first-order valence-electron chi connectivity index (χ1n) is 6.39. The van der Waals surface area contributed by atoms with E-state index in [0.717, 1.165) is 0 Å². The van der Waals surface area contributed by atoms with Crippen LogP contribution in [0.4, 0.5) is 0 Å².